The first-order valence-electron chi connectivity index (χ1n) is 9.82. The van der Waals surface area contributed by atoms with Crippen molar-refractivity contribution in [1.82, 2.24) is 9.88 Å². The van der Waals surface area contributed by atoms with E-state index in [4.69, 9.17) is 11.6 Å². The Balaban J connectivity index is 1.31. The Morgan fingerprint density at radius 3 is 2.53 bits per heavy atom. The van der Waals surface area contributed by atoms with Gasteiger partial charge in [0.25, 0.3) is 5.91 Å². The molecule has 1 aromatic heterocycles. The van der Waals surface area contributed by atoms with E-state index in [0.29, 0.717) is 5.69 Å². The third-order valence-corrected chi connectivity index (χ3v) is 5.51. The van der Waals surface area contributed by atoms with Crippen molar-refractivity contribution in [3.8, 4) is 0 Å². The van der Waals surface area contributed by atoms with Gasteiger partial charge in [-0.3, -0.25) is 9.69 Å². The number of amides is 1. The molecular weight excluding hydrogens is 403 g/mol. The first-order chi connectivity index (χ1) is 14.6. The van der Waals surface area contributed by atoms with E-state index in [1.165, 1.54) is 18.2 Å². The number of nitrogens with zero attached hydrogens (tertiary/aromatic N) is 3. The van der Waals surface area contributed by atoms with Crippen LogP contribution in [0.15, 0.2) is 66.9 Å². The van der Waals surface area contributed by atoms with E-state index in [1.54, 1.807) is 12.3 Å². The van der Waals surface area contributed by atoms with Crippen LogP contribution in [0.25, 0.3) is 0 Å². The fourth-order valence-electron chi connectivity index (χ4n) is 3.48. The Morgan fingerprint density at radius 1 is 1.03 bits per heavy atom. The van der Waals surface area contributed by atoms with Crippen molar-refractivity contribution in [2.45, 2.75) is 6.54 Å². The molecule has 0 atom stereocenters. The second-order valence-electron chi connectivity index (χ2n) is 7.22. The Morgan fingerprint density at radius 2 is 1.83 bits per heavy atom. The maximum absolute atomic E-state index is 13.3. The van der Waals surface area contributed by atoms with Gasteiger partial charge in [0.1, 0.15) is 11.6 Å². The van der Waals surface area contributed by atoms with Gasteiger partial charge in [-0.05, 0) is 42.0 Å². The molecule has 3 aromatic rings. The Labute approximate surface area is 180 Å². The average molecular weight is 425 g/mol. The molecule has 0 unspecified atom stereocenters. The summed E-state index contributed by atoms with van der Waals surface area (Å²) in [5.41, 5.74) is 1.99. The fraction of sp³-hybridized carbons (Fsp3) is 0.217. The number of carbonyl (C=O) groups excluding carboxylic acids is 1. The highest BCUT2D eigenvalue weighted by Crippen LogP contribution is 2.20. The van der Waals surface area contributed by atoms with E-state index in [1.807, 2.05) is 30.3 Å². The number of aromatic nitrogens is 1. The van der Waals surface area contributed by atoms with Crippen molar-refractivity contribution in [2.75, 3.05) is 36.4 Å². The molecule has 1 saturated heterocycles. The van der Waals surface area contributed by atoms with Crippen LogP contribution in [0.5, 0.6) is 0 Å². The lowest BCUT2D eigenvalue weighted by Crippen LogP contribution is -2.46. The average Bonchev–Trinajstić information content (AvgIpc) is 2.76. The van der Waals surface area contributed by atoms with Crippen molar-refractivity contribution in [1.29, 1.82) is 0 Å². The predicted molar refractivity (Wildman–Crippen MR) is 118 cm³/mol. The number of anilines is 2. The Bertz CT molecular complexity index is 1020. The number of rotatable bonds is 5. The van der Waals surface area contributed by atoms with E-state index >= 15 is 0 Å². The SMILES string of the molecule is O=C(Nc1ccc(N2CCN(Cc3ccccc3Cl)CC2)nc1)c1cccc(F)c1. The normalized spacial score (nSPS) is 14.5. The summed E-state index contributed by atoms with van der Waals surface area (Å²) < 4.78 is 13.3. The van der Waals surface area contributed by atoms with Gasteiger partial charge in [-0.1, -0.05) is 35.9 Å². The molecule has 4 rings (SSSR count). The number of carbonyl (C=O) groups is 1. The highest BCUT2D eigenvalue weighted by Gasteiger charge is 2.19. The molecule has 1 N–H and O–H groups in total. The molecule has 1 aliphatic heterocycles. The van der Waals surface area contributed by atoms with Gasteiger partial charge in [0.2, 0.25) is 0 Å². The molecule has 1 fully saturated rings. The molecule has 0 spiro atoms. The summed E-state index contributed by atoms with van der Waals surface area (Å²) in [6, 6.07) is 17.2. The third kappa shape index (κ3) is 4.96. The van der Waals surface area contributed by atoms with Crippen LogP contribution < -0.4 is 10.2 Å². The van der Waals surface area contributed by atoms with Gasteiger partial charge < -0.3 is 10.2 Å². The second-order valence-corrected chi connectivity index (χ2v) is 7.63. The number of piperazine rings is 1. The first kappa shape index (κ1) is 20.3. The van der Waals surface area contributed by atoms with E-state index in [2.05, 4.69) is 26.2 Å². The van der Waals surface area contributed by atoms with Crippen LogP contribution in [-0.4, -0.2) is 42.0 Å². The molecule has 154 valence electrons. The van der Waals surface area contributed by atoms with E-state index in [0.717, 1.165) is 49.1 Å². The quantitative estimate of drug-likeness (QED) is 0.657. The number of hydrogen-bond donors (Lipinski definition) is 1. The van der Waals surface area contributed by atoms with Gasteiger partial charge >= 0.3 is 0 Å². The molecule has 0 aliphatic carbocycles. The number of pyridine rings is 1. The summed E-state index contributed by atoms with van der Waals surface area (Å²) in [5, 5.41) is 3.55. The minimum Gasteiger partial charge on any atom is -0.354 e. The van der Waals surface area contributed by atoms with E-state index in [9.17, 15) is 9.18 Å². The molecule has 0 saturated carbocycles. The largest absolute Gasteiger partial charge is 0.354 e. The van der Waals surface area contributed by atoms with E-state index < -0.39 is 5.82 Å². The van der Waals surface area contributed by atoms with Gasteiger partial charge in [0.15, 0.2) is 0 Å². The predicted octanol–water partition coefficient (Wildman–Crippen LogP) is 4.45. The van der Waals surface area contributed by atoms with Crippen molar-refractivity contribution in [3.05, 3.63) is 88.8 Å². The Kier molecular flexibility index (Phi) is 6.26. The van der Waals surface area contributed by atoms with Crippen LogP contribution in [0.1, 0.15) is 15.9 Å². The smallest absolute Gasteiger partial charge is 0.255 e. The van der Waals surface area contributed by atoms with Crippen molar-refractivity contribution in [3.63, 3.8) is 0 Å². The zero-order valence-electron chi connectivity index (χ0n) is 16.4. The molecule has 7 heteroatoms. The van der Waals surface area contributed by atoms with Crippen molar-refractivity contribution in [2.24, 2.45) is 0 Å². The third-order valence-electron chi connectivity index (χ3n) is 5.14. The molecule has 0 radical (unpaired) electrons. The van der Waals surface area contributed by atoms with Crippen LogP contribution >= 0.6 is 11.6 Å². The first-order valence-corrected chi connectivity index (χ1v) is 10.2. The number of halogens is 2. The topological polar surface area (TPSA) is 48.5 Å². The van der Waals surface area contributed by atoms with Gasteiger partial charge in [-0.15, -0.1) is 0 Å². The van der Waals surface area contributed by atoms with Crippen LogP contribution in [0.3, 0.4) is 0 Å². The summed E-state index contributed by atoms with van der Waals surface area (Å²) in [6.07, 6.45) is 1.63. The highest BCUT2D eigenvalue weighted by molar-refractivity contribution is 6.31. The molecule has 1 amide bonds. The maximum Gasteiger partial charge on any atom is 0.255 e. The highest BCUT2D eigenvalue weighted by atomic mass is 35.5. The van der Waals surface area contributed by atoms with Gasteiger partial charge in [-0.2, -0.15) is 0 Å². The second kappa shape index (κ2) is 9.24. The minimum absolute atomic E-state index is 0.272. The van der Waals surface area contributed by atoms with Crippen LogP contribution in [0.4, 0.5) is 15.9 Å². The number of nitrogens with one attached hydrogen (secondary N) is 1. The summed E-state index contributed by atoms with van der Waals surface area (Å²) in [5.74, 6) is 0.0678. The summed E-state index contributed by atoms with van der Waals surface area (Å²) >= 11 is 6.27. The van der Waals surface area contributed by atoms with E-state index in [-0.39, 0.29) is 11.5 Å². The molecule has 2 aromatic carbocycles. The maximum atomic E-state index is 13.3. The van der Waals surface area contributed by atoms with Crippen molar-refractivity contribution < 1.29 is 9.18 Å². The molecule has 5 nitrogen and oxygen atoms in total. The van der Waals surface area contributed by atoms with Gasteiger partial charge in [0.05, 0.1) is 11.9 Å². The van der Waals surface area contributed by atoms with Gasteiger partial charge in [-0.25, -0.2) is 9.37 Å². The zero-order chi connectivity index (χ0) is 20.9. The summed E-state index contributed by atoms with van der Waals surface area (Å²) in [7, 11) is 0. The monoisotopic (exact) mass is 424 g/mol. The summed E-state index contributed by atoms with van der Waals surface area (Å²) in [4.78, 5) is 21.3. The molecule has 2 heterocycles. The minimum atomic E-state index is -0.440. The Hall–Kier alpha value is -2.96. The zero-order valence-corrected chi connectivity index (χ0v) is 17.1. The summed E-state index contributed by atoms with van der Waals surface area (Å²) in [6.45, 7) is 4.42. The molecule has 30 heavy (non-hydrogen) atoms. The standard InChI is InChI=1S/C23H22ClFN4O/c24-21-7-2-1-4-18(21)16-28-10-12-29(13-11-28)22-9-8-20(15-26-22)27-23(30)17-5-3-6-19(25)14-17/h1-9,14-15H,10-13,16H2,(H,27,30). The van der Waals surface area contributed by atoms with Gasteiger partial charge in [0, 0.05) is 43.3 Å². The lowest BCUT2D eigenvalue weighted by molar-refractivity contribution is 0.102. The van der Waals surface area contributed by atoms with Crippen molar-refractivity contribution >= 4 is 29.0 Å². The fourth-order valence-corrected chi connectivity index (χ4v) is 3.68. The van der Waals surface area contributed by atoms with Crippen LogP contribution in [0.2, 0.25) is 5.02 Å². The lowest BCUT2D eigenvalue weighted by Gasteiger charge is -2.35. The van der Waals surface area contributed by atoms with Crippen LogP contribution in [-0.2, 0) is 6.54 Å². The molecule has 1 aliphatic rings. The number of benzene rings is 2. The lowest BCUT2D eigenvalue weighted by atomic mass is 10.2. The molecular formula is C23H22ClFN4O. The number of hydrogen-bond acceptors (Lipinski definition) is 4. The molecule has 0 bridgehead atoms. The van der Waals surface area contributed by atoms with Crippen LogP contribution in [0, 0.1) is 5.82 Å².